The van der Waals surface area contributed by atoms with Crippen molar-refractivity contribution >= 4 is 5.97 Å². The van der Waals surface area contributed by atoms with E-state index in [2.05, 4.69) is 5.32 Å². The minimum absolute atomic E-state index is 0.449. The number of carboxylic acids is 1. The number of rotatable bonds is 4. The van der Waals surface area contributed by atoms with E-state index in [1.165, 1.54) is 7.05 Å². The second kappa shape index (κ2) is 4.45. The van der Waals surface area contributed by atoms with Gasteiger partial charge in [-0.3, -0.25) is 4.79 Å². The SMILES string of the molecule is CN[C@@H](C[C@H](C)C(F)(F)F)C(=O)O. The van der Waals surface area contributed by atoms with E-state index >= 15 is 0 Å². The van der Waals surface area contributed by atoms with Crippen molar-refractivity contribution in [3.8, 4) is 0 Å². The number of hydrogen-bond acceptors (Lipinski definition) is 2. The lowest BCUT2D eigenvalue weighted by Gasteiger charge is -2.19. The number of hydrogen-bond donors (Lipinski definition) is 2. The lowest BCUT2D eigenvalue weighted by molar-refractivity contribution is -0.174. The third-order valence-corrected chi connectivity index (χ3v) is 1.79. The highest BCUT2D eigenvalue weighted by molar-refractivity contribution is 5.73. The molecule has 0 aromatic carbocycles. The van der Waals surface area contributed by atoms with E-state index in [9.17, 15) is 18.0 Å². The van der Waals surface area contributed by atoms with Crippen LogP contribution in [-0.2, 0) is 4.79 Å². The molecule has 0 amide bonds. The smallest absolute Gasteiger partial charge is 0.391 e. The van der Waals surface area contributed by atoms with Crippen molar-refractivity contribution in [1.29, 1.82) is 0 Å². The van der Waals surface area contributed by atoms with Crippen LogP contribution in [-0.4, -0.2) is 30.3 Å². The summed E-state index contributed by atoms with van der Waals surface area (Å²) in [6.07, 6.45) is -4.78. The minimum Gasteiger partial charge on any atom is -0.480 e. The highest BCUT2D eigenvalue weighted by Gasteiger charge is 2.38. The monoisotopic (exact) mass is 199 g/mol. The molecule has 0 saturated heterocycles. The Kier molecular flexibility index (Phi) is 4.19. The van der Waals surface area contributed by atoms with Crippen molar-refractivity contribution in [1.82, 2.24) is 5.32 Å². The van der Waals surface area contributed by atoms with Crippen molar-refractivity contribution in [3.05, 3.63) is 0 Å². The van der Waals surface area contributed by atoms with Crippen LogP contribution < -0.4 is 5.32 Å². The van der Waals surface area contributed by atoms with Gasteiger partial charge in [0.2, 0.25) is 0 Å². The first-order chi connectivity index (χ1) is 5.79. The lowest BCUT2D eigenvalue weighted by atomic mass is 10.0. The number of likely N-dealkylation sites (N-methyl/N-ethyl adjacent to an activating group) is 1. The molecule has 0 aromatic rings. The van der Waals surface area contributed by atoms with Crippen molar-refractivity contribution < 1.29 is 23.1 Å². The molecule has 0 saturated carbocycles. The Balaban J connectivity index is 4.17. The molecule has 0 aliphatic rings. The summed E-state index contributed by atoms with van der Waals surface area (Å²) in [5.74, 6) is -2.88. The molecule has 0 aromatic heterocycles. The van der Waals surface area contributed by atoms with E-state index in [0.29, 0.717) is 0 Å². The molecule has 2 N–H and O–H groups in total. The molecule has 0 unspecified atom stereocenters. The van der Waals surface area contributed by atoms with Crippen LogP contribution in [0, 0.1) is 5.92 Å². The van der Waals surface area contributed by atoms with Gasteiger partial charge in [-0.05, 0) is 13.5 Å². The van der Waals surface area contributed by atoms with Crippen LogP contribution in [0.3, 0.4) is 0 Å². The van der Waals surface area contributed by atoms with Crippen LogP contribution in [0.4, 0.5) is 13.2 Å². The topological polar surface area (TPSA) is 49.3 Å². The van der Waals surface area contributed by atoms with Gasteiger partial charge in [0.1, 0.15) is 6.04 Å². The van der Waals surface area contributed by atoms with E-state index in [1.807, 2.05) is 0 Å². The zero-order valence-electron chi connectivity index (χ0n) is 7.35. The molecule has 13 heavy (non-hydrogen) atoms. The van der Waals surface area contributed by atoms with Crippen molar-refractivity contribution in [2.24, 2.45) is 5.92 Å². The van der Waals surface area contributed by atoms with Gasteiger partial charge in [-0.2, -0.15) is 13.2 Å². The van der Waals surface area contributed by atoms with Crippen molar-refractivity contribution in [3.63, 3.8) is 0 Å². The summed E-state index contributed by atoms with van der Waals surface area (Å²) in [7, 11) is 1.32. The summed E-state index contributed by atoms with van der Waals surface area (Å²) in [5, 5.41) is 10.8. The number of alkyl halides is 3. The van der Waals surface area contributed by atoms with Crippen LogP contribution in [0.25, 0.3) is 0 Å². The summed E-state index contributed by atoms with van der Waals surface area (Å²) in [6.45, 7) is 0.966. The molecule has 0 rings (SSSR count). The highest BCUT2D eigenvalue weighted by Crippen LogP contribution is 2.29. The molecule has 0 radical (unpaired) electrons. The first kappa shape index (κ1) is 12.2. The van der Waals surface area contributed by atoms with E-state index in [0.717, 1.165) is 6.92 Å². The molecular formula is C7H12F3NO2. The van der Waals surface area contributed by atoms with Crippen LogP contribution in [0.1, 0.15) is 13.3 Å². The lowest BCUT2D eigenvalue weighted by Crippen LogP contribution is -2.38. The quantitative estimate of drug-likeness (QED) is 0.716. The largest absolute Gasteiger partial charge is 0.480 e. The number of carbonyl (C=O) groups is 1. The second-order valence-electron chi connectivity index (χ2n) is 2.86. The molecule has 0 fully saturated rings. The molecule has 2 atom stereocenters. The Morgan fingerprint density at radius 3 is 2.23 bits per heavy atom. The highest BCUT2D eigenvalue weighted by atomic mass is 19.4. The summed E-state index contributed by atoms with van der Waals surface area (Å²) in [5.41, 5.74) is 0. The number of halogens is 3. The predicted octanol–water partition coefficient (Wildman–Crippen LogP) is 1.25. The van der Waals surface area contributed by atoms with Gasteiger partial charge in [-0.25, -0.2) is 0 Å². The molecular weight excluding hydrogens is 187 g/mol. The summed E-state index contributed by atoms with van der Waals surface area (Å²) in [4.78, 5) is 10.4. The molecule has 0 spiro atoms. The molecule has 3 nitrogen and oxygen atoms in total. The molecule has 78 valence electrons. The fourth-order valence-corrected chi connectivity index (χ4v) is 0.829. The third kappa shape index (κ3) is 4.12. The Morgan fingerprint density at radius 1 is 1.54 bits per heavy atom. The van der Waals surface area contributed by atoms with Gasteiger partial charge >= 0.3 is 12.1 Å². The first-order valence-electron chi connectivity index (χ1n) is 3.75. The van der Waals surface area contributed by atoms with Gasteiger partial charge in [-0.1, -0.05) is 6.92 Å². The van der Waals surface area contributed by atoms with Crippen molar-refractivity contribution in [2.75, 3.05) is 7.05 Å². The third-order valence-electron chi connectivity index (χ3n) is 1.79. The molecule has 6 heteroatoms. The van der Waals surface area contributed by atoms with Crippen LogP contribution in [0.15, 0.2) is 0 Å². The van der Waals surface area contributed by atoms with E-state index in [1.54, 1.807) is 0 Å². The van der Waals surface area contributed by atoms with Crippen molar-refractivity contribution in [2.45, 2.75) is 25.6 Å². The summed E-state index contributed by atoms with van der Waals surface area (Å²) < 4.78 is 36.0. The van der Waals surface area contributed by atoms with E-state index in [4.69, 9.17) is 5.11 Å². The van der Waals surface area contributed by atoms with E-state index in [-0.39, 0.29) is 0 Å². The fourth-order valence-electron chi connectivity index (χ4n) is 0.829. The number of nitrogens with one attached hydrogen (secondary N) is 1. The zero-order valence-corrected chi connectivity index (χ0v) is 7.35. The fraction of sp³-hybridized carbons (Fsp3) is 0.857. The van der Waals surface area contributed by atoms with Crippen LogP contribution in [0.5, 0.6) is 0 Å². The Morgan fingerprint density at radius 2 is 2.00 bits per heavy atom. The predicted molar refractivity (Wildman–Crippen MR) is 40.3 cm³/mol. The molecule has 0 aliphatic heterocycles. The maximum Gasteiger partial charge on any atom is 0.391 e. The normalized spacial score (nSPS) is 16.7. The average molecular weight is 199 g/mol. The van der Waals surface area contributed by atoms with Crippen LogP contribution >= 0.6 is 0 Å². The Hall–Kier alpha value is -0.780. The maximum absolute atomic E-state index is 12.0. The zero-order chi connectivity index (χ0) is 10.6. The van der Waals surface area contributed by atoms with Gasteiger partial charge in [0.25, 0.3) is 0 Å². The van der Waals surface area contributed by atoms with E-state index < -0.39 is 30.5 Å². The standard InChI is InChI=1S/C7H12F3NO2/c1-4(7(8,9)10)3-5(11-2)6(12)13/h4-5,11H,3H2,1-2H3,(H,12,13)/t4-,5-/m0/s1. The summed E-state index contributed by atoms with van der Waals surface area (Å²) in [6, 6.07) is -1.14. The molecule has 0 heterocycles. The Bertz CT molecular complexity index is 181. The Labute approximate surface area is 73.9 Å². The van der Waals surface area contributed by atoms with Crippen LogP contribution in [0.2, 0.25) is 0 Å². The molecule has 0 bridgehead atoms. The maximum atomic E-state index is 12.0. The average Bonchev–Trinajstić information content (AvgIpc) is 1.96. The van der Waals surface area contributed by atoms with Gasteiger partial charge in [0, 0.05) is 0 Å². The number of carboxylic acid groups (broad SMARTS) is 1. The minimum atomic E-state index is -4.33. The first-order valence-corrected chi connectivity index (χ1v) is 3.75. The number of aliphatic carboxylic acids is 1. The second-order valence-corrected chi connectivity index (χ2v) is 2.86. The van der Waals surface area contributed by atoms with Gasteiger partial charge in [-0.15, -0.1) is 0 Å². The van der Waals surface area contributed by atoms with Gasteiger partial charge in [0.05, 0.1) is 5.92 Å². The summed E-state index contributed by atoms with van der Waals surface area (Å²) >= 11 is 0. The van der Waals surface area contributed by atoms with Gasteiger partial charge < -0.3 is 10.4 Å². The van der Waals surface area contributed by atoms with Gasteiger partial charge in [0.15, 0.2) is 0 Å². The molecule has 0 aliphatic carbocycles.